The highest BCUT2D eigenvalue weighted by atomic mass is 32.1. The summed E-state index contributed by atoms with van der Waals surface area (Å²) >= 11 is 5.24. The van der Waals surface area contributed by atoms with Gasteiger partial charge in [0.1, 0.15) is 0 Å². The Balaban J connectivity index is 1.29. The second-order valence-corrected chi connectivity index (χ2v) is 9.27. The summed E-state index contributed by atoms with van der Waals surface area (Å²) in [5.74, 6) is -0.481. The van der Waals surface area contributed by atoms with Crippen molar-refractivity contribution < 1.29 is 14.5 Å². The van der Waals surface area contributed by atoms with Gasteiger partial charge in [0.15, 0.2) is 5.11 Å². The Morgan fingerprint density at radius 1 is 0.892 bits per heavy atom. The molecule has 0 radical (unpaired) electrons. The van der Waals surface area contributed by atoms with Crippen LogP contribution in [0.3, 0.4) is 0 Å². The molecular formula is C27H27N5O4S. The molecule has 1 fully saturated rings. The van der Waals surface area contributed by atoms with Crippen molar-refractivity contribution in [3.8, 4) is 0 Å². The van der Waals surface area contributed by atoms with Crippen molar-refractivity contribution in [3.05, 3.63) is 99.1 Å². The molecule has 10 heteroatoms. The third kappa shape index (κ3) is 6.28. The van der Waals surface area contributed by atoms with Crippen molar-refractivity contribution in [2.45, 2.75) is 13.8 Å². The first kappa shape index (κ1) is 25.8. The number of piperazine rings is 1. The van der Waals surface area contributed by atoms with Gasteiger partial charge in [-0.05, 0) is 68.5 Å². The Labute approximate surface area is 220 Å². The summed E-state index contributed by atoms with van der Waals surface area (Å²) in [6, 6.07) is 19.5. The molecule has 1 saturated heterocycles. The monoisotopic (exact) mass is 517 g/mol. The first-order chi connectivity index (χ1) is 17.7. The first-order valence-corrected chi connectivity index (χ1v) is 12.2. The molecular weight excluding hydrogens is 490 g/mol. The predicted molar refractivity (Wildman–Crippen MR) is 147 cm³/mol. The molecule has 1 aliphatic rings. The summed E-state index contributed by atoms with van der Waals surface area (Å²) in [5, 5.41) is 16.7. The molecule has 0 bridgehead atoms. The lowest BCUT2D eigenvalue weighted by Crippen LogP contribution is -2.48. The Kier molecular flexibility index (Phi) is 7.78. The number of nitrogens with one attached hydrogen (secondary N) is 2. The quantitative estimate of drug-likeness (QED) is 0.295. The third-order valence-corrected chi connectivity index (χ3v) is 6.45. The number of carbonyl (C=O) groups excluding carboxylic acids is 2. The molecule has 2 N–H and O–H groups in total. The molecule has 37 heavy (non-hydrogen) atoms. The molecule has 4 rings (SSSR count). The number of nitro groups is 1. The number of benzene rings is 3. The highest BCUT2D eigenvalue weighted by Crippen LogP contribution is 2.21. The van der Waals surface area contributed by atoms with Gasteiger partial charge in [-0.1, -0.05) is 23.8 Å². The number of thiocarbonyl (C=S) groups is 1. The van der Waals surface area contributed by atoms with Crippen LogP contribution in [0.4, 0.5) is 17.1 Å². The van der Waals surface area contributed by atoms with E-state index in [2.05, 4.69) is 15.5 Å². The van der Waals surface area contributed by atoms with Crippen LogP contribution in [-0.4, -0.2) is 52.9 Å². The van der Waals surface area contributed by atoms with E-state index in [-0.39, 0.29) is 22.3 Å². The summed E-state index contributed by atoms with van der Waals surface area (Å²) in [7, 11) is 0. The van der Waals surface area contributed by atoms with Gasteiger partial charge >= 0.3 is 0 Å². The highest BCUT2D eigenvalue weighted by molar-refractivity contribution is 7.80. The van der Waals surface area contributed by atoms with Gasteiger partial charge in [-0.3, -0.25) is 25.0 Å². The minimum absolute atomic E-state index is 0.0509. The van der Waals surface area contributed by atoms with Crippen molar-refractivity contribution in [1.82, 2.24) is 10.2 Å². The van der Waals surface area contributed by atoms with Crippen LogP contribution < -0.4 is 15.5 Å². The zero-order valence-electron chi connectivity index (χ0n) is 20.6. The molecule has 0 unspecified atom stereocenters. The van der Waals surface area contributed by atoms with Gasteiger partial charge in [0, 0.05) is 60.3 Å². The lowest BCUT2D eigenvalue weighted by Gasteiger charge is -2.36. The standard InChI is InChI=1S/C27H27N5O4S/c1-18-3-6-20(7-4-18)26(34)31-15-13-30(14-16-31)23-11-9-22(10-12-23)28-27(37)29-25(33)21-8-5-19(2)24(17-21)32(35)36/h3-12,17H,13-16H2,1-2H3,(H2,28,29,33,37). The summed E-state index contributed by atoms with van der Waals surface area (Å²) in [6.07, 6.45) is 0. The number of anilines is 2. The van der Waals surface area contributed by atoms with Crippen LogP contribution in [0.25, 0.3) is 0 Å². The first-order valence-electron chi connectivity index (χ1n) is 11.8. The molecule has 0 atom stereocenters. The van der Waals surface area contributed by atoms with Gasteiger partial charge in [0.25, 0.3) is 17.5 Å². The van der Waals surface area contributed by atoms with Gasteiger partial charge in [-0.25, -0.2) is 0 Å². The van der Waals surface area contributed by atoms with E-state index in [0.717, 1.165) is 24.3 Å². The van der Waals surface area contributed by atoms with Crippen LogP contribution in [0.2, 0.25) is 0 Å². The molecule has 3 aromatic rings. The smallest absolute Gasteiger partial charge is 0.273 e. The largest absolute Gasteiger partial charge is 0.368 e. The minimum atomic E-state index is -0.532. The number of nitrogens with zero attached hydrogens (tertiary/aromatic N) is 3. The average Bonchev–Trinajstić information content (AvgIpc) is 2.89. The van der Waals surface area contributed by atoms with Crippen LogP contribution in [0, 0.1) is 24.0 Å². The molecule has 1 aliphatic heterocycles. The molecule has 0 spiro atoms. The molecule has 0 aromatic heterocycles. The van der Waals surface area contributed by atoms with Crippen molar-refractivity contribution in [2.24, 2.45) is 0 Å². The fourth-order valence-corrected chi connectivity index (χ4v) is 4.30. The molecule has 0 aliphatic carbocycles. The molecule has 2 amide bonds. The molecule has 0 saturated carbocycles. The topological polar surface area (TPSA) is 108 Å². The number of aryl methyl sites for hydroxylation is 2. The number of amides is 2. The van der Waals surface area contributed by atoms with Gasteiger partial charge in [0.05, 0.1) is 4.92 Å². The molecule has 9 nitrogen and oxygen atoms in total. The van der Waals surface area contributed by atoms with E-state index >= 15 is 0 Å². The fraction of sp³-hybridized carbons (Fsp3) is 0.222. The van der Waals surface area contributed by atoms with Crippen LogP contribution in [-0.2, 0) is 0 Å². The van der Waals surface area contributed by atoms with Gasteiger partial charge in [-0.15, -0.1) is 0 Å². The van der Waals surface area contributed by atoms with E-state index in [0.29, 0.717) is 29.9 Å². The second-order valence-electron chi connectivity index (χ2n) is 8.86. The molecule has 1 heterocycles. The summed E-state index contributed by atoms with van der Waals surface area (Å²) < 4.78 is 0. The van der Waals surface area contributed by atoms with Crippen molar-refractivity contribution >= 4 is 46.2 Å². The maximum Gasteiger partial charge on any atom is 0.273 e. The number of rotatable bonds is 5. The normalized spacial score (nSPS) is 13.1. The Morgan fingerprint density at radius 2 is 1.51 bits per heavy atom. The summed E-state index contributed by atoms with van der Waals surface area (Å²) in [5.41, 5.74) is 4.05. The molecule has 3 aromatic carbocycles. The third-order valence-electron chi connectivity index (χ3n) is 6.25. The van der Waals surface area contributed by atoms with E-state index in [1.54, 1.807) is 6.92 Å². The number of hydrogen-bond donors (Lipinski definition) is 2. The summed E-state index contributed by atoms with van der Waals surface area (Å²) in [6.45, 7) is 6.34. The lowest BCUT2D eigenvalue weighted by atomic mass is 10.1. The van der Waals surface area contributed by atoms with E-state index in [1.807, 2.05) is 60.4 Å². The Hall–Kier alpha value is -4.31. The van der Waals surface area contributed by atoms with Crippen LogP contribution in [0.1, 0.15) is 31.8 Å². The van der Waals surface area contributed by atoms with E-state index in [9.17, 15) is 19.7 Å². The zero-order chi connectivity index (χ0) is 26.5. The van der Waals surface area contributed by atoms with Crippen molar-refractivity contribution in [1.29, 1.82) is 0 Å². The van der Waals surface area contributed by atoms with E-state index < -0.39 is 10.8 Å². The van der Waals surface area contributed by atoms with E-state index in [4.69, 9.17) is 12.2 Å². The summed E-state index contributed by atoms with van der Waals surface area (Å²) in [4.78, 5) is 39.9. The average molecular weight is 518 g/mol. The van der Waals surface area contributed by atoms with Crippen LogP contribution in [0.15, 0.2) is 66.7 Å². The van der Waals surface area contributed by atoms with Gasteiger partial charge in [0.2, 0.25) is 0 Å². The fourth-order valence-electron chi connectivity index (χ4n) is 4.09. The minimum Gasteiger partial charge on any atom is -0.368 e. The SMILES string of the molecule is Cc1ccc(C(=O)N2CCN(c3ccc(NC(=S)NC(=O)c4ccc(C)c([N+](=O)[O-])c4)cc3)CC2)cc1. The van der Waals surface area contributed by atoms with Gasteiger partial charge in [-0.2, -0.15) is 0 Å². The van der Waals surface area contributed by atoms with Crippen LogP contribution >= 0.6 is 12.2 Å². The zero-order valence-corrected chi connectivity index (χ0v) is 21.4. The van der Waals surface area contributed by atoms with Gasteiger partial charge < -0.3 is 15.1 Å². The number of hydrogen-bond acceptors (Lipinski definition) is 6. The Bertz CT molecular complexity index is 1330. The van der Waals surface area contributed by atoms with Crippen molar-refractivity contribution in [2.75, 3.05) is 36.4 Å². The predicted octanol–water partition coefficient (Wildman–Crippen LogP) is 4.30. The lowest BCUT2D eigenvalue weighted by molar-refractivity contribution is -0.385. The maximum absolute atomic E-state index is 12.8. The number of carbonyl (C=O) groups is 2. The van der Waals surface area contributed by atoms with Crippen LogP contribution in [0.5, 0.6) is 0 Å². The number of nitro benzene ring substituents is 1. The Morgan fingerprint density at radius 3 is 2.14 bits per heavy atom. The maximum atomic E-state index is 12.8. The molecule has 190 valence electrons. The second kappa shape index (κ2) is 11.2. The van der Waals surface area contributed by atoms with Crippen molar-refractivity contribution in [3.63, 3.8) is 0 Å². The highest BCUT2D eigenvalue weighted by Gasteiger charge is 2.22. The van der Waals surface area contributed by atoms with E-state index in [1.165, 1.54) is 18.2 Å².